The van der Waals surface area contributed by atoms with Crippen molar-refractivity contribution in [3.05, 3.63) is 10.6 Å². The van der Waals surface area contributed by atoms with E-state index in [2.05, 4.69) is 18.2 Å². The van der Waals surface area contributed by atoms with Crippen molar-refractivity contribution < 1.29 is 0 Å². The van der Waals surface area contributed by atoms with Crippen LogP contribution in [0.2, 0.25) is 0 Å². The zero-order valence-electron chi connectivity index (χ0n) is 6.43. The maximum absolute atomic E-state index is 4.13. The fourth-order valence-electron chi connectivity index (χ4n) is 0.432. The van der Waals surface area contributed by atoms with Crippen LogP contribution in [-0.2, 0) is 0 Å². The van der Waals surface area contributed by atoms with Gasteiger partial charge >= 0.3 is 0 Å². The smallest absolute Gasteiger partial charge is 0.0460 e. The van der Waals surface area contributed by atoms with Crippen LogP contribution in [0.3, 0.4) is 0 Å². The molecule has 2 heteroatoms. The molecular weight excluding hydrogens is 130 g/mol. The predicted molar refractivity (Wildman–Crippen MR) is 46.1 cm³/mol. The number of nitrogens with zero attached hydrogens (tertiary/aromatic N) is 1. The van der Waals surface area contributed by atoms with E-state index in [9.17, 15) is 0 Å². The first-order valence-electron chi connectivity index (χ1n) is 2.92. The maximum Gasteiger partial charge on any atom is 0.0460 e. The van der Waals surface area contributed by atoms with Gasteiger partial charge in [0.05, 0.1) is 0 Å². The van der Waals surface area contributed by atoms with Crippen LogP contribution in [0.25, 0.3) is 0 Å². The fourth-order valence-corrected chi connectivity index (χ4v) is 0.780. The van der Waals surface area contributed by atoms with Crippen LogP contribution in [-0.4, -0.2) is 12.5 Å². The van der Waals surface area contributed by atoms with Crippen LogP contribution >= 0.6 is 11.8 Å². The monoisotopic (exact) mass is 143 g/mol. The van der Waals surface area contributed by atoms with Gasteiger partial charge in [0.25, 0.3) is 0 Å². The van der Waals surface area contributed by atoms with Gasteiger partial charge in [-0.15, -0.1) is 11.8 Å². The second-order valence-electron chi connectivity index (χ2n) is 1.73. The first-order chi connectivity index (χ1) is 4.22. The SMILES string of the molecule is CC=N/C(C)=C(/C)SC. The molecule has 0 saturated heterocycles. The highest BCUT2D eigenvalue weighted by Gasteiger charge is 1.88. The topological polar surface area (TPSA) is 12.4 Å². The fraction of sp³-hybridized carbons (Fsp3) is 0.571. The van der Waals surface area contributed by atoms with Crippen LogP contribution in [0, 0.1) is 0 Å². The number of allylic oxidation sites excluding steroid dienone is 2. The summed E-state index contributed by atoms with van der Waals surface area (Å²) in [4.78, 5) is 5.41. The Balaban J connectivity index is 4.10. The Morgan fingerprint density at radius 2 is 2.00 bits per heavy atom. The lowest BCUT2D eigenvalue weighted by atomic mass is 10.5. The molecular formula is C7H13NS. The van der Waals surface area contributed by atoms with E-state index in [1.807, 2.05) is 20.1 Å². The molecule has 0 radical (unpaired) electrons. The molecule has 0 aliphatic carbocycles. The minimum atomic E-state index is 1.12. The molecule has 1 nitrogen and oxygen atoms in total. The third-order valence-corrected chi connectivity index (χ3v) is 2.05. The summed E-state index contributed by atoms with van der Waals surface area (Å²) in [5.74, 6) is 0. The Labute approximate surface area is 61.3 Å². The number of hydrogen-bond donors (Lipinski definition) is 0. The summed E-state index contributed by atoms with van der Waals surface area (Å²) < 4.78 is 0. The van der Waals surface area contributed by atoms with Crippen molar-refractivity contribution in [1.29, 1.82) is 0 Å². The lowest BCUT2D eigenvalue weighted by Gasteiger charge is -1.96. The molecule has 0 spiro atoms. The van der Waals surface area contributed by atoms with E-state index >= 15 is 0 Å². The summed E-state index contributed by atoms with van der Waals surface area (Å²) in [5.41, 5.74) is 1.12. The largest absolute Gasteiger partial charge is 0.265 e. The van der Waals surface area contributed by atoms with Gasteiger partial charge in [-0.3, -0.25) is 4.99 Å². The van der Waals surface area contributed by atoms with Gasteiger partial charge in [0.15, 0.2) is 0 Å². The van der Waals surface area contributed by atoms with Gasteiger partial charge < -0.3 is 0 Å². The van der Waals surface area contributed by atoms with E-state index in [0.29, 0.717) is 0 Å². The third-order valence-electron chi connectivity index (χ3n) is 1.14. The summed E-state index contributed by atoms with van der Waals surface area (Å²) in [6, 6.07) is 0. The highest BCUT2D eigenvalue weighted by atomic mass is 32.2. The molecule has 0 amide bonds. The molecule has 0 heterocycles. The van der Waals surface area contributed by atoms with Crippen LogP contribution in [0.4, 0.5) is 0 Å². The van der Waals surface area contributed by atoms with E-state index in [-0.39, 0.29) is 0 Å². The van der Waals surface area contributed by atoms with Crippen molar-refractivity contribution in [2.75, 3.05) is 6.26 Å². The van der Waals surface area contributed by atoms with E-state index in [4.69, 9.17) is 0 Å². The molecule has 9 heavy (non-hydrogen) atoms. The van der Waals surface area contributed by atoms with Crippen molar-refractivity contribution in [3.63, 3.8) is 0 Å². The molecule has 0 N–H and O–H groups in total. The Kier molecular flexibility index (Phi) is 4.50. The third kappa shape index (κ3) is 3.36. The summed E-state index contributed by atoms with van der Waals surface area (Å²) in [7, 11) is 0. The summed E-state index contributed by atoms with van der Waals surface area (Å²) in [5, 5.41) is 0. The Morgan fingerprint density at radius 1 is 1.44 bits per heavy atom. The molecule has 0 bridgehead atoms. The number of rotatable bonds is 2. The summed E-state index contributed by atoms with van der Waals surface area (Å²) >= 11 is 1.74. The Hall–Kier alpha value is -0.240. The van der Waals surface area contributed by atoms with Gasteiger partial charge in [0, 0.05) is 16.8 Å². The maximum atomic E-state index is 4.13. The van der Waals surface area contributed by atoms with Crippen LogP contribution in [0.15, 0.2) is 15.6 Å². The minimum Gasteiger partial charge on any atom is -0.265 e. The predicted octanol–water partition coefficient (Wildman–Crippen LogP) is 2.69. The Morgan fingerprint density at radius 3 is 2.33 bits per heavy atom. The zero-order valence-corrected chi connectivity index (χ0v) is 7.25. The van der Waals surface area contributed by atoms with Crippen LogP contribution < -0.4 is 0 Å². The first-order valence-corrected chi connectivity index (χ1v) is 4.15. The van der Waals surface area contributed by atoms with E-state index in [0.717, 1.165) is 5.70 Å². The minimum absolute atomic E-state index is 1.12. The van der Waals surface area contributed by atoms with Gasteiger partial charge in [0.1, 0.15) is 0 Å². The summed E-state index contributed by atoms with van der Waals surface area (Å²) in [6.07, 6.45) is 3.87. The molecule has 0 aliphatic rings. The van der Waals surface area contributed by atoms with Crippen molar-refractivity contribution >= 4 is 18.0 Å². The average Bonchev–Trinajstić information content (AvgIpc) is 1.87. The molecule has 0 atom stereocenters. The average molecular weight is 143 g/mol. The summed E-state index contributed by atoms with van der Waals surface area (Å²) in [6.45, 7) is 6.02. The lowest BCUT2D eigenvalue weighted by molar-refractivity contribution is 1.28. The van der Waals surface area contributed by atoms with E-state index in [1.54, 1.807) is 11.8 Å². The van der Waals surface area contributed by atoms with E-state index < -0.39 is 0 Å². The lowest BCUT2D eigenvalue weighted by Crippen LogP contribution is -1.74. The molecule has 0 fully saturated rings. The van der Waals surface area contributed by atoms with Crippen LogP contribution in [0.5, 0.6) is 0 Å². The van der Waals surface area contributed by atoms with Gasteiger partial charge in [-0.1, -0.05) is 0 Å². The molecule has 0 aromatic rings. The molecule has 52 valence electrons. The van der Waals surface area contributed by atoms with Gasteiger partial charge in [0.2, 0.25) is 0 Å². The molecule has 0 unspecified atom stereocenters. The first kappa shape index (κ1) is 8.76. The molecule has 0 rings (SSSR count). The molecule has 0 aromatic heterocycles. The van der Waals surface area contributed by atoms with Gasteiger partial charge in [-0.25, -0.2) is 0 Å². The number of aliphatic imine (C=N–C) groups is 1. The van der Waals surface area contributed by atoms with E-state index in [1.165, 1.54) is 4.91 Å². The van der Waals surface area contributed by atoms with Crippen molar-refractivity contribution in [2.45, 2.75) is 20.8 Å². The van der Waals surface area contributed by atoms with Crippen molar-refractivity contribution in [1.82, 2.24) is 0 Å². The highest BCUT2D eigenvalue weighted by molar-refractivity contribution is 8.02. The normalized spacial score (nSPS) is 14.2. The van der Waals surface area contributed by atoms with Crippen molar-refractivity contribution in [3.8, 4) is 0 Å². The van der Waals surface area contributed by atoms with Gasteiger partial charge in [-0.05, 0) is 27.0 Å². The quantitative estimate of drug-likeness (QED) is 0.541. The number of hydrogen-bond acceptors (Lipinski definition) is 2. The molecule has 0 aromatic carbocycles. The second-order valence-corrected chi connectivity index (χ2v) is 2.75. The zero-order chi connectivity index (χ0) is 7.28. The highest BCUT2D eigenvalue weighted by Crippen LogP contribution is 2.15. The second kappa shape index (κ2) is 4.62. The van der Waals surface area contributed by atoms with Gasteiger partial charge in [-0.2, -0.15) is 0 Å². The number of thioether (sulfide) groups is 1. The van der Waals surface area contributed by atoms with Crippen LogP contribution in [0.1, 0.15) is 20.8 Å². The molecule has 0 aliphatic heterocycles. The Bertz CT molecular complexity index is 136. The van der Waals surface area contributed by atoms with Crippen molar-refractivity contribution in [2.24, 2.45) is 4.99 Å². The standard InChI is InChI=1S/C7H13NS/c1-5-8-6(2)7(3)9-4/h5H,1-4H3/b7-6-,8-5?. The molecule has 0 saturated carbocycles.